The van der Waals surface area contributed by atoms with E-state index in [1.54, 1.807) is 61.9 Å². The van der Waals surface area contributed by atoms with Gasteiger partial charge in [-0.15, -0.1) is 0 Å². The van der Waals surface area contributed by atoms with Gasteiger partial charge in [0.05, 0.1) is 48.6 Å². The number of esters is 1. The van der Waals surface area contributed by atoms with E-state index in [4.69, 9.17) is 15.2 Å². The zero-order valence-electron chi connectivity index (χ0n) is 59.2. The Morgan fingerprint density at radius 1 is 0.717 bits per heavy atom. The molecule has 0 saturated carbocycles. The predicted octanol–water partition coefficient (Wildman–Crippen LogP) is 6.00. The van der Waals surface area contributed by atoms with E-state index in [9.17, 15) is 75.4 Å². The van der Waals surface area contributed by atoms with Gasteiger partial charge < -0.3 is 66.5 Å². The Morgan fingerprint density at radius 2 is 1.32 bits per heavy atom. The molecule has 0 spiro atoms. The van der Waals surface area contributed by atoms with Gasteiger partial charge in [0.15, 0.2) is 0 Å². The number of likely N-dealkylation sites (N-methyl/N-ethyl adjacent to an activating group) is 2. The number of halogens is 5. The lowest BCUT2D eigenvalue weighted by atomic mass is 9.89. The summed E-state index contributed by atoms with van der Waals surface area (Å²) in [6.07, 6.45) is -0.428. The number of nitrogens with two attached hydrogens (primary N) is 1. The first kappa shape index (κ1) is 83.2. The molecule has 1 unspecified atom stereocenters. The maximum atomic E-state index is 14.6. The van der Waals surface area contributed by atoms with Crippen LogP contribution in [0.3, 0.4) is 0 Å². The van der Waals surface area contributed by atoms with Crippen molar-refractivity contribution in [2.24, 2.45) is 46.4 Å². The number of benzene rings is 2. The van der Waals surface area contributed by atoms with Gasteiger partial charge in [0.2, 0.25) is 82.1 Å². The van der Waals surface area contributed by atoms with Crippen molar-refractivity contribution < 1.29 is 84.1 Å². The van der Waals surface area contributed by atoms with Crippen LogP contribution < -0.4 is 42.4 Å². The number of primary amides is 1. The van der Waals surface area contributed by atoms with Gasteiger partial charge in [-0.2, -0.15) is 8.78 Å². The average molecular weight is 1410 g/mol. The molecule has 32 heteroatoms. The third kappa shape index (κ3) is 23.4. The molecule has 2 aromatic carbocycles. The summed E-state index contributed by atoms with van der Waals surface area (Å²) in [5.41, 5.74) is 15.6. The lowest BCUT2D eigenvalue weighted by molar-refractivity contribution is -0.148. The number of methoxy groups -OCH3 is 2. The molecule has 8 N–H and O–H groups in total. The summed E-state index contributed by atoms with van der Waals surface area (Å²) in [6, 6.07) is 0.102. The fourth-order valence-electron chi connectivity index (χ4n) is 12.7. The van der Waals surface area contributed by atoms with Gasteiger partial charge in [-0.05, 0) is 106 Å². The van der Waals surface area contributed by atoms with Crippen molar-refractivity contribution in [3.05, 3.63) is 69.4 Å². The minimum atomic E-state index is -2.42. The first-order valence-electron chi connectivity index (χ1n) is 33.6. The monoisotopic (exact) mass is 1400 g/mol. The molecule has 2 fully saturated rings. The van der Waals surface area contributed by atoms with Gasteiger partial charge in [-0.1, -0.05) is 86.0 Å². The van der Waals surface area contributed by atoms with E-state index in [1.165, 1.54) is 19.1 Å². The van der Waals surface area contributed by atoms with E-state index in [0.29, 0.717) is 37.1 Å². The highest BCUT2D eigenvalue weighted by molar-refractivity contribution is 5.99. The molecule has 0 radical (unpaired) electrons. The Bertz CT molecular complexity index is 3130. The number of nitrogens with zero attached hydrogens (tertiary/aromatic N) is 7. The quantitative estimate of drug-likeness (QED) is 0.00469. The van der Waals surface area contributed by atoms with Crippen molar-refractivity contribution in [1.82, 2.24) is 46.2 Å². The Kier molecular flexibility index (Phi) is 33.2. The van der Waals surface area contributed by atoms with Crippen LogP contribution in [-0.2, 0) is 59.0 Å². The second-order valence-corrected chi connectivity index (χ2v) is 26.7. The fraction of sp³-hybridized carbons (Fsp3) is 0.672. The van der Waals surface area contributed by atoms with Crippen molar-refractivity contribution in [2.45, 2.75) is 187 Å². The first-order valence-corrected chi connectivity index (χ1v) is 33.6. The van der Waals surface area contributed by atoms with E-state index in [-0.39, 0.29) is 107 Å². The maximum absolute atomic E-state index is 14.6. The molecule has 2 heterocycles. The molecular formula is C67H101F5N14O13. The lowest BCUT2D eigenvalue weighted by Gasteiger charge is -2.41. The summed E-state index contributed by atoms with van der Waals surface area (Å²) in [5, 5.41) is 20.2. The van der Waals surface area contributed by atoms with Gasteiger partial charge in [0, 0.05) is 83.5 Å². The molecule has 0 bridgehead atoms. The molecule has 2 aliphatic rings. The zero-order chi connectivity index (χ0) is 74.3. The second-order valence-electron chi connectivity index (χ2n) is 26.7. The molecular weight excluding hydrogens is 1300 g/mol. The Balaban J connectivity index is 1.39. The summed E-state index contributed by atoms with van der Waals surface area (Å²) < 4.78 is 85.8. The van der Waals surface area contributed by atoms with Crippen molar-refractivity contribution in [3.63, 3.8) is 0 Å². The number of anilines is 1. The third-order valence-electron chi connectivity index (χ3n) is 18.3. The predicted molar refractivity (Wildman–Crippen MR) is 356 cm³/mol. The molecule has 10 amide bonds. The van der Waals surface area contributed by atoms with Crippen molar-refractivity contribution in [1.29, 1.82) is 0 Å². The number of azide groups is 1. The molecule has 11 atom stereocenters. The second kappa shape index (κ2) is 39.5. The highest BCUT2D eigenvalue weighted by Crippen LogP contribution is 2.33. The number of likely N-dealkylation sites (tertiary alicyclic amines) is 2. The number of urea groups is 1. The number of piperidine rings is 1. The largest absolute Gasteiger partial charge is 0.420 e. The van der Waals surface area contributed by atoms with Crippen LogP contribution in [0.2, 0.25) is 0 Å². The van der Waals surface area contributed by atoms with E-state index in [0.717, 1.165) is 0 Å². The lowest BCUT2D eigenvalue weighted by Crippen LogP contribution is -2.59. The Hall–Kier alpha value is -8.22. The fourth-order valence-corrected chi connectivity index (χ4v) is 12.7. The van der Waals surface area contributed by atoms with Gasteiger partial charge in [-0.3, -0.25) is 48.1 Å². The van der Waals surface area contributed by atoms with Gasteiger partial charge >= 0.3 is 12.0 Å². The van der Waals surface area contributed by atoms with E-state index in [2.05, 4.69) is 46.7 Å². The molecule has 4 rings (SSSR count). The van der Waals surface area contributed by atoms with Crippen LogP contribution >= 0.6 is 0 Å². The molecule has 99 heavy (non-hydrogen) atoms. The highest BCUT2D eigenvalue weighted by atomic mass is 19.2. The number of ether oxygens (including phenoxy) is 3. The summed E-state index contributed by atoms with van der Waals surface area (Å²) in [6.45, 7) is 16.7. The smallest absolute Gasteiger partial charge is 0.314 e. The zero-order valence-corrected chi connectivity index (χ0v) is 59.2. The number of hydrogen-bond donors (Lipinski definition) is 7. The minimum absolute atomic E-state index is 0.0129. The summed E-state index contributed by atoms with van der Waals surface area (Å²) in [7, 11) is 8.28. The molecule has 2 aliphatic heterocycles. The number of rotatable bonds is 37. The maximum Gasteiger partial charge on any atom is 0.314 e. The molecule has 552 valence electrons. The van der Waals surface area contributed by atoms with Crippen molar-refractivity contribution in [2.75, 3.05) is 73.4 Å². The first-order chi connectivity index (χ1) is 46.6. The van der Waals surface area contributed by atoms with Crippen LogP contribution in [-0.4, -0.2) is 201 Å². The van der Waals surface area contributed by atoms with Crippen molar-refractivity contribution >= 4 is 64.9 Å². The van der Waals surface area contributed by atoms with Crippen LogP contribution in [0.1, 0.15) is 132 Å². The van der Waals surface area contributed by atoms with Crippen LogP contribution in [0, 0.1) is 64.6 Å². The molecule has 2 saturated heterocycles. The summed E-state index contributed by atoms with van der Waals surface area (Å²) in [5.74, 6) is -21.4. The number of nitrogens with one attached hydrogen (secondary N) is 6. The normalized spacial score (nSPS) is 17.2. The number of carbonyl (C=O) groups is 10. The minimum Gasteiger partial charge on any atom is -0.420 e. The van der Waals surface area contributed by atoms with Crippen LogP contribution in [0.4, 0.5) is 32.4 Å². The van der Waals surface area contributed by atoms with Crippen LogP contribution in [0.5, 0.6) is 5.75 Å². The summed E-state index contributed by atoms with van der Waals surface area (Å²) >= 11 is 0. The van der Waals surface area contributed by atoms with E-state index >= 15 is 0 Å². The van der Waals surface area contributed by atoms with Gasteiger partial charge in [0.25, 0.3) is 0 Å². The molecule has 27 nitrogen and oxygen atoms in total. The van der Waals surface area contributed by atoms with E-state index < -0.39 is 155 Å². The standard InChI is InChI=1S/C67H101F5N14O13/c1-15-38(8)58(84(12)65(94)56(36(4)5)81-64(93)57(37(6)7)83(10)11)46(97-13)33-49(89)86-29-17-19-45(86)59(98-14)39(9)61(90)78-43(34-76-82-74)32-40-20-22-42(23-21-40)77-62(91)44(18-16-28-75-67(73)96)79-63(92)55(35(2)3)80-47(87)24-25-48(88)85-30-26-41(27-31-85)66(95)99-60-53(71)51(69)50(68)52(70)54(60)72/h20-23,35-39,41,43-46,55-59H,15-19,24-34H2,1-14H3,(H,77,91)(H,78,90)(H,79,92)(H,80,87)(H,81,93)(H3,73,75,96)/t38-,39+,43-,44-,45-,46+,55-,56-,57-,58?,59+/m0/s1. The summed E-state index contributed by atoms with van der Waals surface area (Å²) in [4.78, 5) is 145. The Morgan fingerprint density at radius 3 is 1.86 bits per heavy atom. The van der Waals surface area contributed by atoms with Crippen LogP contribution in [0.25, 0.3) is 10.4 Å². The highest BCUT2D eigenvalue weighted by Gasteiger charge is 2.44. The topological polar surface area (TPSA) is 358 Å². The molecule has 2 aromatic rings. The van der Waals surface area contributed by atoms with Crippen molar-refractivity contribution in [3.8, 4) is 5.75 Å². The molecule has 0 aromatic heterocycles. The average Bonchev–Trinajstić information content (AvgIpc) is 1.72. The SMILES string of the molecule is CC[C@H](C)C([C@@H](CC(=O)N1CCC[C@H]1[C@H](OC)[C@@H](C)C(=O)N[C@H](CN=[N+]=[N-])Cc1ccc(NC(=O)[C@H](CCCNC(N)=O)NC(=O)[C@@H](NC(=O)CCC(=O)N2CCC(C(=O)Oc3c(F)c(F)c(F)c(F)c3F)CC2)C(C)C)cc1)OC)N(C)C(=O)[C@@H](NC(=O)[C@H](C(C)C)N(C)C)C(C)C. The van der Waals surface area contributed by atoms with Gasteiger partial charge in [0.1, 0.15) is 18.1 Å². The Labute approximate surface area is 575 Å². The number of hydrogen-bond acceptors (Lipinski definition) is 15. The number of amides is 10. The van der Waals surface area contributed by atoms with E-state index in [1.807, 2.05) is 60.5 Å². The number of carbonyl (C=O) groups excluding carboxylic acids is 10. The van der Waals surface area contributed by atoms with Crippen LogP contribution in [0.15, 0.2) is 29.4 Å². The molecule has 0 aliphatic carbocycles. The third-order valence-corrected chi connectivity index (χ3v) is 18.3. The van der Waals surface area contributed by atoms with Gasteiger partial charge in [-0.25, -0.2) is 18.0 Å².